The zero-order valence-corrected chi connectivity index (χ0v) is 8.14. The third kappa shape index (κ3) is 2.47. The van der Waals surface area contributed by atoms with Crippen LogP contribution in [0.1, 0.15) is 12.5 Å². The first-order valence-corrected chi connectivity index (χ1v) is 4.19. The van der Waals surface area contributed by atoms with E-state index in [0.29, 0.717) is 0 Å². The molecule has 2 N–H and O–H groups in total. The Bertz CT molecular complexity index is 321. The second kappa shape index (κ2) is 3.94. The van der Waals surface area contributed by atoms with Crippen molar-refractivity contribution < 1.29 is 4.79 Å². The lowest BCUT2D eigenvalue weighted by molar-refractivity contribution is -0.114. The van der Waals surface area contributed by atoms with Crippen LogP contribution in [0.15, 0.2) is 18.2 Å². The molecule has 0 atom stereocenters. The average Bonchev–Trinajstić information content (AvgIpc) is 2.08. The van der Waals surface area contributed by atoms with E-state index < -0.39 is 0 Å². The van der Waals surface area contributed by atoms with Gasteiger partial charge in [-0.2, -0.15) is 0 Å². The maximum atomic E-state index is 10.8. The fraction of sp³-hybridized carbons (Fsp3) is 0.300. The molecule has 0 aliphatic carbocycles. The number of nitrogens with one attached hydrogen (secondary N) is 2. The van der Waals surface area contributed by atoms with E-state index in [9.17, 15) is 4.79 Å². The minimum Gasteiger partial charge on any atom is -0.388 e. The van der Waals surface area contributed by atoms with E-state index in [-0.39, 0.29) is 5.91 Å². The number of hydrogen-bond donors (Lipinski definition) is 2. The molecule has 0 unspecified atom stereocenters. The molecule has 0 aromatic heterocycles. The molecule has 3 heteroatoms. The number of aryl methyl sites for hydroxylation is 1. The highest BCUT2D eigenvalue weighted by atomic mass is 16.1. The number of carbonyl (C=O) groups excluding carboxylic acids is 1. The number of benzene rings is 1. The number of carbonyl (C=O) groups is 1. The Morgan fingerprint density at radius 3 is 2.54 bits per heavy atom. The molecule has 1 aromatic carbocycles. The Labute approximate surface area is 78.2 Å². The predicted molar refractivity (Wildman–Crippen MR) is 55.0 cm³/mol. The van der Waals surface area contributed by atoms with Gasteiger partial charge in [-0.1, -0.05) is 0 Å². The van der Waals surface area contributed by atoms with Crippen LogP contribution < -0.4 is 10.6 Å². The lowest BCUT2D eigenvalue weighted by Crippen LogP contribution is -2.07. The van der Waals surface area contributed by atoms with E-state index in [1.165, 1.54) is 6.92 Å². The second-order valence-corrected chi connectivity index (χ2v) is 2.96. The van der Waals surface area contributed by atoms with Crippen molar-refractivity contribution in [1.29, 1.82) is 0 Å². The summed E-state index contributed by atoms with van der Waals surface area (Å²) in [6.07, 6.45) is 0. The van der Waals surface area contributed by atoms with Gasteiger partial charge < -0.3 is 10.6 Å². The molecule has 0 saturated carbocycles. The SMILES string of the molecule is CNc1ccc(NC(C)=O)c(C)c1. The number of rotatable bonds is 2. The Morgan fingerprint density at radius 2 is 2.08 bits per heavy atom. The molecular formula is C10H14N2O. The summed E-state index contributed by atoms with van der Waals surface area (Å²) in [5, 5.41) is 5.79. The zero-order chi connectivity index (χ0) is 9.84. The van der Waals surface area contributed by atoms with Gasteiger partial charge in [0.1, 0.15) is 0 Å². The van der Waals surface area contributed by atoms with E-state index in [4.69, 9.17) is 0 Å². The summed E-state index contributed by atoms with van der Waals surface area (Å²) < 4.78 is 0. The maximum absolute atomic E-state index is 10.8. The van der Waals surface area contributed by atoms with Gasteiger partial charge in [0.05, 0.1) is 0 Å². The van der Waals surface area contributed by atoms with E-state index in [1.807, 2.05) is 32.2 Å². The topological polar surface area (TPSA) is 41.1 Å². The molecular weight excluding hydrogens is 164 g/mol. The highest BCUT2D eigenvalue weighted by Crippen LogP contribution is 2.18. The highest BCUT2D eigenvalue weighted by Gasteiger charge is 1.99. The third-order valence-electron chi connectivity index (χ3n) is 1.83. The average molecular weight is 178 g/mol. The second-order valence-electron chi connectivity index (χ2n) is 2.96. The van der Waals surface area contributed by atoms with Gasteiger partial charge in [-0.25, -0.2) is 0 Å². The van der Waals surface area contributed by atoms with Crippen LogP contribution in [0.5, 0.6) is 0 Å². The van der Waals surface area contributed by atoms with Crippen LogP contribution in [0.3, 0.4) is 0 Å². The molecule has 3 nitrogen and oxygen atoms in total. The summed E-state index contributed by atoms with van der Waals surface area (Å²) >= 11 is 0. The third-order valence-corrected chi connectivity index (χ3v) is 1.83. The van der Waals surface area contributed by atoms with Crippen LogP contribution in [-0.2, 0) is 4.79 Å². The van der Waals surface area contributed by atoms with Crippen LogP contribution in [0.2, 0.25) is 0 Å². The van der Waals surface area contributed by atoms with Crippen molar-refractivity contribution in [2.45, 2.75) is 13.8 Å². The fourth-order valence-corrected chi connectivity index (χ4v) is 1.15. The molecule has 13 heavy (non-hydrogen) atoms. The first-order valence-electron chi connectivity index (χ1n) is 4.19. The van der Waals surface area contributed by atoms with Crippen LogP contribution in [0.4, 0.5) is 11.4 Å². The van der Waals surface area contributed by atoms with Gasteiger partial charge in [0, 0.05) is 25.3 Å². The molecule has 70 valence electrons. The van der Waals surface area contributed by atoms with E-state index in [1.54, 1.807) is 0 Å². The fourth-order valence-electron chi connectivity index (χ4n) is 1.15. The summed E-state index contributed by atoms with van der Waals surface area (Å²) in [5.41, 5.74) is 2.97. The van der Waals surface area contributed by atoms with Gasteiger partial charge in [-0.3, -0.25) is 4.79 Å². The normalized spacial score (nSPS) is 9.46. The number of hydrogen-bond acceptors (Lipinski definition) is 2. The van der Waals surface area contributed by atoms with E-state index in [2.05, 4.69) is 10.6 Å². The van der Waals surface area contributed by atoms with Gasteiger partial charge in [0.15, 0.2) is 0 Å². The van der Waals surface area contributed by atoms with Gasteiger partial charge >= 0.3 is 0 Å². The van der Waals surface area contributed by atoms with Crippen molar-refractivity contribution in [2.24, 2.45) is 0 Å². The molecule has 0 aliphatic rings. The quantitative estimate of drug-likeness (QED) is 0.727. The lowest BCUT2D eigenvalue weighted by Gasteiger charge is -2.08. The minimum atomic E-state index is -0.0414. The molecule has 1 aromatic rings. The molecule has 0 saturated heterocycles. The van der Waals surface area contributed by atoms with Crippen LogP contribution >= 0.6 is 0 Å². The van der Waals surface area contributed by atoms with Crippen molar-refractivity contribution in [2.75, 3.05) is 17.7 Å². The first kappa shape index (κ1) is 9.58. The first-order chi connectivity index (χ1) is 6.13. The molecule has 0 spiro atoms. The molecule has 1 rings (SSSR count). The van der Waals surface area contributed by atoms with Crippen molar-refractivity contribution in [3.05, 3.63) is 23.8 Å². The number of anilines is 2. The molecule has 0 heterocycles. The standard InChI is InChI=1S/C10H14N2O/c1-7-6-9(11-3)4-5-10(7)12-8(2)13/h4-6,11H,1-3H3,(H,12,13). The van der Waals surface area contributed by atoms with Crippen molar-refractivity contribution in [3.8, 4) is 0 Å². The smallest absolute Gasteiger partial charge is 0.221 e. The molecule has 0 aliphatic heterocycles. The predicted octanol–water partition coefficient (Wildman–Crippen LogP) is 2.00. The minimum absolute atomic E-state index is 0.0414. The Balaban J connectivity index is 2.91. The highest BCUT2D eigenvalue weighted by molar-refractivity contribution is 5.89. The Kier molecular flexibility index (Phi) is 2.90. The Morgan fingerprint density at radius 1 is 1.38 bits per heavy atom. The molecule has 1 amide bonds. The van der Waals surface area contributed by atoms with Gasteiger partial charge in [0.25, 0.3) is 0 Å². The van der Waals surface area contributed by atoms with Crippen LogP contribution in [0, 0.1) is 6.92 Å². The number of amides is 1. The monoisotopic (exact) mass is 178 g/mol. The van der Waals surface area contributed by atoms with Crippen LogP contribution in [0.25, 0.3) is 0 Å². The molecule has 0 bridgehead atoms. The van der Waals surface area contributed by atoms with Gasteiger partial charge in [-0.15, -0.1) is 0 Å². The largest absolute Gasteiger partial charge is 0.388 e. The van der Waals surface area contributed by atoms with Crippen LogP contribution in [-0.4, -0.2) is 13.0 Å². The Hall–Kier alpha value is -1.51. The summed E-state index contributed by atoms with van der Waals surface area (Å²) in [7, 11) is 1.87. The van der Waals surface area contributed by atoms with Crippen molar-refractivity contribution >= 4 is 17.3 Å². The summed E-state index contributed by atoms with van der Waals surface area (Å²) in [6.45, 7) is 3.47. The van der Waals surface area contributed by atoms with E-state index >= 15 is 0 Å². The maximum Gasteiger partial charge on any atom is 0.221 e. The van der Waals surface area contributed by atoms with Gasteiger partial charge in [-0.05, 0) is 30.7 Å². The summed E-state index contributed by atoms with van der Waals surface area (Å²) in [4.78, 5) is 10.8. The lowest BCUT2D eigenvalue weighted by atomic mass is 10.2. The summed E-state index contributed by atoms with van der Waals surface area (Å²) in [6, 6.07) is 5.81. The van der Waals surface area contributed by atoms with Crippen molar-refractivity contribution in [3.63, 3.8) is 0 Å². The van der Waals surface area contributed by atoms with E-state index in [0.717, 1.165) is 16.9 Å². The van der Waals surface area contributed by atoms with Crippen molar-refractivity contribution in [1.82, 2.24) is 0 Å². The summed E-state index contributed by atoms with van der Waals surface area (Å²) in [5.74, 6) is -0.0414. The molecule has 0 fully saturated rings. The molecule has 0 radical (unpaired) electrons. The van der Waals surface area contributed by atoms with Gasteiger partial charge in [0.2, 0.25) is 5.91 Å². The zero-order valence-electron chi connectivity index (χ0n) is 8.14.